The third-order valence-corrected chi connectivity index (χ3v) is 0.854. The molecule has 0 saturated carbocycles. The summed E-state index contributed by atoms with van der Waals surface area (Å²) in [5.41, 5.74) is 0. The molecule has 0 fully saturated rings. The van der Waals surface area contributed by atoms with Crippen molar-refractivity contribution >= 4 is 11.6 Å². The summed E-state index contributed by atoms with van der Waals surface area (Å²) in [7, 11) is 0. The quantitative estimate of drug-likeness (QED) is 0.507. The maximum absolute atomic E-state index is 11.8. The molecular weight excluding hydrogens is 127 g/mol. The SMILES string of the molecule is C=C/C=C(/Cl)C(=C)F. The maximum Gasteiger partial charge on any atom is 0.134 e. The van der Waals surface area contributed by atoms with E-state index in [2.05, 4.69) is 13.2 Å². The van der Waals surface area contributed by atoms with Crippen LogP contribution in [0.15, 0.2) is 36.2 Å². The zero-order chi connectivity index (χ0) is 6.57. The Labute approximate surface area is 53.0 Å². The molecule has 0 bridgehead atoms. The Morgan fingerprint density at radius 1 is 1.62 bits per heavy atom. The molecule has 0 aromatic rings. The molecule has 0 spiro atoms. The van der Waals surface area contributed by atoms with E-state index in [9.17, 15) is 4.39 Å². The van der Waals surface area contributed by atoms with Crippen LogP contribution in [0.3, 0.4) is 0 Å². The van der Waals surface area contributed by atoms with Crippen molar-refractivity contribution in [3.63, 3.8) is 0 Å². The molecule has 0 unspecified atom stereocenters. The van der Waals surface area contributed by atoms with E-state index < -0.39 is 5.83 Å². The first-order valence-corrected chi connectivity index (χ1v) is 2.39. The second-order valence-electron chi connectivity index (χ2n) is 1.16. The van der Waals surface area contributed by atoms with Crippen molar-refractivity contribution < 1.29 is 4.39 Å². The van der Waals surface area contributed by atoms with Gasteiger partial charge < -0.3 is 0 Å². The van der Waals surface area contributed by atoms with Crippen LogP contribution in [0.25, 0.3) is 0 Å². The first-order chi connectivity index (χ1) is 3.68. The van der Waals surface area contributed by atoms with Crippen LogP contribution in [0, 0.1) is 0 Å². The van der Waals surface area contributed by atoms with Gasteiger partial charge in [-0.25, -0.2) is 4.39 Å². The molecule has 0 radical (unpaired) electrons. The van der Waals surface area contributed by atoms with Gasteiger partial charge in [0.25, 0.3) is 0 Å². The number of hydrogen-bond donors (Lipinski definition) is 0. The molecule has 2 heteroatoms. The van der Waals surface area contributed by atoms with Crippen LogP contribution in [0.2, 0.25) is 0 Å². The normalized spacial score (nSPS) is 11.0. The summed E-state index contributed by atoms with van der Waals surface area (Å²) < 4.78 is 11.8. The number of halogens is 2. The van der Waals surface area contributed by atoms with Crippen molar-refractivity contribution in [3.8, 4) is 0 Å². The highest BCUT2D eigenvalue weighted by Crippen LogP contribution is 2.12. The number of allylic oxidation sites excluding steroid dienone is 4. The molecule has 0 N–H and O–H groups in total. The van der Waals surface area contributed by atoms with E-state index in [1.54, 1.807) is 0 Å². The van der Waals surface area contributed by atoms with Gasteiger partial charge in [0.2, 0.25) is 0 Å². The van der Waals surface area contributed by atoms with Crippen molar-refractivity contribution in [2.75, 3.05) is 0 Å². The van der Waals surface area contributed by atoms with Gasteiger partial charge in [-0.2, -0.15) is 0 Å². The summed E-state index contributed by atoms with van der Waals surface area (Å²) in [4.78, 5) is 0. The van der Waals surface area contributed by atoms with Crippen LogP contribution in [-0.2, 0) is 0 Å². The molecule has 0 aromatic carbocycles. The first-order valence-electron chi connectivity index (χ1n) is 2.01. The molecule has 8 heavy (non-hydrogen) atoms. The molecule has 0 aliphatic carbocycles. The van der Waals surface area contributed by atoms with Gasteiger partial charge in [0.15, 0.2) is 0 Å². The fourth-order valence-electron chi connectivity index (χ4n) is 0.194. The zero-order valence-corrected chi connectivity index (χ0v) is 5.08. The van der Waals surface area contributed by atoms with Gasteiger partial charge >= 0.3 is 0 Å². The molecule has 44 valence electrons. The molecule has 0 nitrogen and oxygen atoms in total. The van der Waals surface area contributed by atoms with E-state index >= 15 is 0 Å². The van der Waals surface area contributed by atoms with Gasteiger partial charge in [-0.1, -0.05) is 30.8 Å². The fourth-order valence-corrected chi connectivity index (χ4v) is 0.283. The third kappa shape index (κ3) is 2.59. The van der Waals surface area contributed by atoms with E-state index in [0.717, 1.165) is 0 Å². The molecule has 0 rings (SSSR count). The lowest BCUT2D eigenvalue weighted by atomic mass is 10.4. The number of rotatable bonds is 2. The van der Waals surface area contributed by atoms with Gasteiger partial charge in [-0.05, 0) is 6.08 Å². The largest absolute Gasteiger partial charge is 0.206 e. The Kier molecular flexibility index (Phi) is 3.20. The Balaban J connectivity index is 3.99. The molecule has 0 amide bonds. The van der Waals surface area contributed by atoms with Gasteiger partial charge in [0.1, 0.15) is 5.83 Å². The summed E-state index contributed by atoms with van der Waals surface area (Å²) in [5, 5.41) is 0.000000000000000222. The van der Waals surface area contributed by atoms with Crippen molar-refractivity contribution in [1.82, 2.24) is 0 Å². The summed E-state index contributed by atoms with van der Waals surface area (Å²) in [6, 6.07) is 0. The van der Waals surface area contributed by atoms with Crippen molar-refractivity contribution in [3.05, 3.63) is 36.2 Å². The predicted octanol–water partition coefficient (Wildman–Crippen LogP) is 2.78. The topological polar surface area (TPSA) is 0 Å². The molecule has 0 aromatic heterocycles. The smallest absolute Gasteiger partial charge is 0.134 e. The van der Waals surface area contributed by atoms with Crippen LogP contribution in [0.5, 0.6) is 0 Å². The lowest BCUT2D eigenvalue weighted by Crippen LogP contribution is -1.65. The van der Waals surface area contributed by atoms with Crippen LogP contribution < -0.4 is 0 Å². The van der Waals surface area contributed by atoms with E-state index in [-0.39, 0.29) is 5.03 Å². The minimum absolute atomic E-state index is 0.000000000000000222. The van der Waals surface area contributed by atoms with Crippen LogP contribution in [0.4, 0.5) is 4.39 Å². The van der Waals surface area contributed by atoms with Gasteiger partial charge in [0.05, 0.1) is 5.03 Å². The molecule has 0 aliphatic rings. The Morgan fingerprint density at radius 2 is 2.12 bits per heavy atom. The second kappa shape index (κ2) is 3.44. The van der Waals surface area contributed by atoms with Crippen LogP contribution in [0.1, 0.15) is 0 Å². The van der Waals surface area contributed by atoms with Crippen LogP contribution >= 0.6 is 11.6 Å². The minimum Gasteiger partial charge on any atom is -0.206 e. The summed E-state index contributed by atoms with van der Waals surface area (Å²) >= 11 is 5.23. The maximum atomic E-state index is 11.8. The van der Waals surface area contributed by atoms with Gasteiger partial charge in [-0.3, -0.25) is 0 Å². The molecule has 0 saturated heterocycles. The summed E-state index contributed by atoms with van der Waals surface area (Å²) in [6.07, 6.45) is 2.73. The van der Waals surface area contributed by atoms with Crippen LogP contribution in [-0.4, -0.2) is 0 Å². The first kappa shape index (κ1) is 7.44. The molecule has 0 aliphatic heterocycles. The average molecular weight is 133 g/mol. The predicted molar refractivity (Wildman–Crippen MR) is 34.4 cm³/mol. The van der Waals surface area contributed by atoms with E-state index in [4.69, 9.17) is 11.6 Å². The van der Waals surface area contributed by atoms with E-state index in [1.165, 1.54) is 12.2 Å². The Morgan fingerprint density at radius 3 is 2.25 bits per heavy atom. The van der Waals surface area contributed by atoms with Gasteiger partial charge in [-0.15, -0.1) is 0 Å². The highest BCUT2D eigenvalue weighted by atomic mass is 35.5. The summed E-state index contributed by atoms with van der Waals surface area (Å²) in [6.45, 7) is 6.27. The molecule has 0 heterocycles. The zero-order valence-electron chi connectivity index (χ0n) is 4.32. The minimum atomic E-state index is -0.633. The molecular formula is C6H6ClF. The summed E-state index contributed by atoms with van der Waals surface area (Å²) in [5.74, 6) is -0.633. The van der Waals surface area contributed by atoms with E-state index in [0.29, 0.717) is 0 Å². The standard InChI is InChI=1S/C6H6ClF/c1-3-4-6(7)5(2)8/h3-4H,1-2H2/b6-4+. The second-order valence-corrected chi connectivity index (χ2v) is 1.56. The average Bonchev–Trinajstić information content (AvgIpc) is 1.67. The highest BCUT2D eigenvalue weighted by molar-refractivity contribution is 6.31. The Hall–Kier alpha value is -0.560. The fraction of sp³-hybridized carbons (Fsp3) is 0. The lowest BCUT2D eigenvalue weighted by molar-refractivity contribution is 0.667. The lowest BCUT2D eigenvalue weighted by Gasteiger charge is -1.85. The highest BCUT2D eigenvalue weighted by Gasteiger charge is 1.91. The van der Waals surface area contributed by atoms with Crippen molar-refractivity contribution in [2.45, 2.75) is 0 Å². The van der Waals surface area contributed by atoms with E-state index in [1.807, 2.05) is 0 Å². The Bertz CT molecular complexity index is 135. The monoisotopic (exact) mass is 132 g/mol. The van der Waals surface area contributed by atoms with Crippen molar-refractivity contribution in [2.24, 2.45) is 0 Å². The third-order valence-electron chi connectivity index (χ3n) is 0.523. The molecule has 0 atom stereocenters. The number of hydrogen-bond acceptors (Lipinski definition) is 0. The van der Waals surface area contributed by atoms with Gasteiger partial charge in [0, 0.05) is 0 Å². The van der Waals surface area contributed by atoms with Crippen molar-refractivity contribution in [1.29, 1.82) is 0 Å².